The van der Waals surface area contributed by atoms with Crippen LogP contribution in [0.5, 0.6) is 5.75 Å². The molecule has 0 aliphatic heterocycles. The van der Waals surface area contributed by atoms with E-state index in [-0.39, 0.29) is 18.5 Å². The van der Waals surface area contributed by atoms with E-state index in [0.717, 1.165) is 0 Å². The van der Waals surface area contributed by atoms with Crippen LogP contribution in [0, 0.1) is 5.41 Å². The SMILES string of the molecule is CCNC(=O)Nc1cccc(OCC(=N)N)c1. The lowest BCUT2D eigenvalue weighted by Crippen LogP contribution is -2.28. The zero-order valence-corrected chi connectivity index (χ0v) is 9.62. The number of amidine groups is 1. The van der Waals surface area contributed by atoms with Crippen molar-refractivity contribution in [3.8, 4) is 5.75 Å². The monoisotopic (exact) mass is 236 g/mol. The number of urea groups is 1. The van der Waals surface area contributed by atoms with Crippen LogP contribution in [0.4, 0.5) is 10.5 Å². The van der Waals surface area contributed by atoms with Gasteiger partial charge < -0.3 is 21.1 Å². The van der Waals surface area contributed by atoms with E-state index in [1.165, 1.54) is 0 Å². The lowest BCUT2D eigenvalue weighted by atomic mass is 10.3. The molecule has 0 bridgehead atoms. The summed E-state index contributed by atoms with van der Waals surface area (Å²) < 4.78 is 5.23. The maximum atomic E-state index is 11.3. The van der Waals surface area contributed by atoms with Crippen LogP contribution in [0.2, 0.25) is 0 Å². The highest BCUT2D eigenvalue weighted by atomic mass is 16.5. The predicted molar refractivity (Wildman–Crippen MR) is 66.5 cm³/mol. The molecule has 0 saturated heterocycles. The Hall–Kier alpha value is -2.24. The molecular weight excluding hydrogens is 220 g/mol. The second kappa shape index (κ2) is 6.37. The van der Waals surface area contributed by atoms with E-state index in [9.17, 15) is 4.79 Å². The van der Waals surface area contributed by atoms with E-state index in [1.54, 1.807) is 24.3 Å². The summed E-state index contributed by atoms with van der Waals surface area (Å²) in [7, 11) is 0. The molecule has 0 spiro atoms. The molecule has 1 aromatic carbocycles. The van der Waals surface area contributed by atoms with E-state index in [1.807, 2.05) is 6.92 Å². The van der Waals surface area contributed by atoms with Crippen LogP contribution in [0.3, 0.4) is 0 Å². The molecule has 5 N–H and O–H groups in total. The molecule has 6 nitrogen and oxygen atoms in total. The van der Waals surface area contributed by atoms with E-state index < -0.39 is 0 Å². The molecule has 0 unspecified atom stereocenters. The smallest absolute Gasteiger partial charge is 0.319 e. The molecule has 0 aliphatic carbocycles. The number of ether oxygens (including phenoxy) is 1. The van der Waals surface area contributed by atoms with Crippen LogP contribution in [0.1, 0.15) is 6.92 Å². The van der Waals surface area contributed by atoms with Gasteiger partial charge >= 0.3 is 6.03 Å². The Morgan fingerprint density at radius 3 is 2.94 bits per heavy atom. The Balaban J connectivity index is 2.59. The predicted octanol–water partition coefficient (Wildman–Crippen LogP) is 1.14. The summed E-state index contributed by atoms with van der Waals surface area (Å²) in [5, 5.41) is 12.3. The van der Waals surface area contributed by atoms with Crippen molar-refractivity contribution in [2.75, 3.05) is 18.5 Å². The van der Waals surface area contributed by atoms with E-state index in [2.05, 4.69) is 10.6 Å². The third-order valence-electron chi connectivity index (χ3n) is 1.82. The fourth-order valence-corrected chi connectivity index (χ4v) is 1.16. The van der Waals surface area contributed by atoms with E-state index >= 15 is 0 Å². The van der Waals surface area contributed by atoms with Crippen molar-refractivity contribution in [1.29, 1.82) is 5.41 Å². The third kappa shape index (κ3) is 4.87. The molecule has 0 heterocycles. The molecule has 0 atom stereocenters. The van der Waals surface area contributed by atoms with Gasteiger partial charge in [-0.05, 0) is 19.1 Å². The van der Waals surface area contributed by atoms with Gasteiger partial charge in [-0.25, -0.2) is 4.79 Å². The average molecular weight is 236 g/mol. The molecule has 1 aromatic rings. The molecule has 0 aliphatic rings. The highest BCUT2D eigenvalue weighted by Gasteiger charge is 2.01. The molecule has 0 radical (unpaired) electrons. The number of nitrogens with one attached hydrogen (secondary N) is 3. The topological polar surface area (TPSA) is 100 Å². The second-order valence-corrected chi connectivity index (χ2v) is 3.33. The fourth-order valence-electron chi connectivity index (χ4n) is 1.16. The summed E-state index contributed by atoms with van der Waals surface area (Å²) >= 11 is 0. The van der Waals surface area contributed by atoms with Gasteiger partial charge in [0.1, 0.15) is 18.2 Å². The van der Waals surface area contributed by atoms with Gasteiger partial charge in [-0.3, -0.25) is 5.41 Å². The number of carbonyl (C=O) groups is 1. The maximum Gasteiger partial charge on any atom is 0.319 e. The van der Waals surface area contributed by atoms with Crippen LogP contribution in [0.25, 0.3) is 0 Å². The van der Waals surface area contributed by atoms with Crippen LogP contribution >= 0.6 is 0 Å². The third-order valence-corrected chi connectivity index (χ3v) is 1.82. The van der Waals surface area contributed by atoms with Crippen LogP contribution in [0.15, 0.2) is 24.3 Å². The van der Waals surface area contributed by atoms with Crippen molar-refractivity contribution in [3.63, 3.8) is 0 Å². The van der Waals surface area contributed by atoms with Crippen LogP contribution < -0.4 is 21.1 Å². The Morgan fingerprint density at radius 2 is 2.29 bits per heavy atom. The summed E-state index contributed by atoms with van der Waals surface area (Å²) in [4.78, 5) is 11.3. The molecule has 2 amide bonds. The number of rotatable bonds is 5. The zero-order chi connectivity index (χ0) is 12.7. The number of carbonyl (C=O) groups excluding carboxylic acids is 1. The second-order valence-electron chi connectivity index (χ2n) is 3.33. The number of nitrogens with two attached hydrogens (primary N) is 1. The summed E-state index contributed by atoms with van der Waals surface area (Å²) in [6.07, 6.45) is 0. The summed E-state index contributed by atoms with van der Waals surface area (Å²) in [6, 6.07) is 6.62. The van der Waals surface area contributed by atoms with Crippen LogP contribution in [-0.2, 0) is 0 Å². The molecule has 17 heavy (non-hydrogen) atoms. The maximum absolute atomic E-state index is 11.3. The van der Waals surface area contributed by atoms with Crippen molar-refractivity contribution in [3.05, 3.63) is 24.3 Å². The van der Waals surface area contributed by atoms with Crippen molar-refractivity contribution in [1.82, 2.24) is 5.32 Å². The Labute approximate surface area is 99.7 Å². The summed E-state index contributed by atoms with van der Waals surface area (Å²) in [5.74, 6) is 0.501. The minimum atomic E-state index is -0.267. The van der Waals surface area contributed by atoms with Gasteiger partial charge in [0, 0.05) is 18.3 Å². The first kappa shape index (κ1) is 12.8. The number of amides is 2. The van der Waals surface area contributed by atoms with E-state index in [4.69, 9.17) is 15.9 Å². The minimum absolute atomic E-state index is 0.0324. The van der Waals surface area contributed by atoms with E-state index in [0.29, 0.717) is 18.0 Å². The van der Waals surface area contributed by atoms with Gasteiger partial charge in [0.05, 0.1) is 0 Å². The van der Waals surface area contributed by atoms with Crippen molar-refractivity contribution >= 4 is 17.6 Å². The largest absolute Gasteiger partial charge is 0.486 e. The summed E-state index contributed by atoms with van der Waals surface area (Å²) in [6.45, 7) is 2.43. The van der Waals surface area contributed by atoms with Gasteiger partial charge in [-0.1, -0.05) is 6.07 Å². The number of hydrogen-bond acceptors (Lipinski definition) is 3. The Kier molecular flexibility index (Phi) is 4.80. The highest BCUT2D eigenvalue weighted by molar-refractivity contribution is 5.89. The standard InChI is InChI=1S/C11H16N4O2/c1-2-14-11(16)15-8-4-3-5-9(6-8)17-7-10(12)13/h3-6H,2,7H2,1H3,(H3,12,13)(H2,14,15,16). The fraction of sp³-hybridized carbons (Fsp3) is 0.273. The Morgan fingerprint density at radius 1 is 1.53 bits per heavy atom. The van der Waals surface area contributed by atoms with Crippen molar-refractivity contribution < 1.29 is 9.53 Å². The minimum Gasteiger partial charge on any atom is -0.486 e. The summed E-state index contributed by atoms with van der Waals surface area (Å²) in [5.41, 5.74) is 5.80. The van der Waals surface area contributed by atoms with Gasteiger partial charge in [-0.15, -0.1) is 0 Å². The lowest BCUT2D eigenvalue weighted by Gasteiger charge is -2.08. The van der Waals surface area contributed by atoms with Crippen LogP contribution in [-0.4, -0.2) is 25.0 Å². The molecule has 6 heteroatoms. The molecule has 92 valence electrons. The Bertz CT molecular complexity index is 406. The number of benzene rings is 1. The molecule has 1 rings (SSSR count). The molecule has 0 saturated carbocycles. The first-order valence-corrected chi connectivity index (χ1v) is 5.22. The quantitative estimate of drug-likeness (QED) is 0.455. The van der Waals surface area contributed by atoms with Gasteiger partial charge in [-0.2, -0.15) is 0 Å². The zero-order valence-electron chi connectivity index (χ0n) is 9.62. The highest BCUT2D eigenvalue weighted by Crippen LogP contribution is 2.16. The first-order chi connectivity index (χ1) is 8.11. The van der Waals surface area contributed by atoms with Gasteiger partial charge in [0.25, 0.3) is 0 Å². The average Bonchev–Trinajstić information content (AvgIpc) is 2.27. The van der Waals surface area contributed by atoms with Crippen molar-refractivity contribution in [2.45, 2.75) is 6.92 Å². The van der Waals surface area contributed by atoms with Gasteiger partial charge in [0.15, 0.2) is 0 Å². The first-order valence-electron chi connectivity index (χ1n) is 5.22. The van der Waals surface area contributed by atoms with Crippen molar-refractivity contribution in [2.24, 2.45) is 5.73 Å². The number of anilines is 1. The normalized spacial score (nSPS) is 9.47. The molecule has 0 fully saturated rings. The molecular formula is C11H16N4O2. The molecule has 0 aromatic heterocycles. The lowest BCUT2D eigenvalue weighted by molar-refractivity contribution is 0.252. The number of hydrogen-bond donors (Lipinski definition) is 4. The van der Waals surface area contributed by atoms with Gasteiger partial charge in [0.2, 0.25) is 0 Å².